The molecule has 0 saturated heterocycles. The molecule has 0 aliphatic rings. The Kier molecular flexibility index (Phi) is 4.10. The molecule has 0 atom stereocenters. The summed E-state index contributed by atoms with van der Waals surface area (Å²) < 4.78 is 2.20. The van der Waals surface area contributed by atoms with Crippen molar-refractivity contribution in [3.05, 3.63) is 41.7 Å². The van der Waals surface area contributed by atoms with Gasteiger partial charge in [0.25, 0.3) is 0 Å². The van der Waals surface area contributed by atoms with Gasteiger partial charge in [-0.15, -0.1) is 0 Å². The first kappa shape index (κ1) is 17.1. The fourth-order valence-corrected chi connectivity index (χ4v) is 3.40. The van der Waals surface area contributed by atoms with E-state index in [0.29, 0.717) is 17.7 Å². The highest BCUT2D eigenvalue weighted by Crippen LogP contribution is 2.25. The van der Waals surface area contributed by atoms with Crippen molar-refractivity contribution < 1.29 is 0 Å². The van der Waals surface area contributed by atoms with Crippen LogP contribution in [0.15, 0.2) is 24.5 Å². The third-order valence-electron chi connectivity index (χ3n) is 4.53. The number of imidazole rings is 1. The van der Waals surface area contributed by atoms with E-state index in [1.807, 2.05) is 32.9 Å². The van der Waals surface area contributed by atoms with Gasteiger partial charge in [0.05, 0.1) is 23.0 Å². The number of H-pyrrole nitrogens is 1. The van der Waals surface area contributed by atoms with Crippen LogP contribution >= 0.6 is 0 Å². The van der Waals surface area contributed by atoms with Crippen molar-refractivity contribution in [2.45, 2.75) is 40.7 Å². The molecule has 138 valence electrons. The normalized spacial score (nSPS) is 11.5. The summed E-state index contributed by atoms with van der Waals surface area (Å²) >= 11 is 0. The summed E-state index contributed by atoms with van der Waals surface area (Å²) in [6, 6.07) is 4.15. The minimum atomic E-state index is 0.322. The lowest BCUT2D eigenvalue weighted by atomic mass is 10.2. The molecule has 0 saturated carbocycles. The predicted molar refractivity (Wildman–Crippen MR) is 105 cm³/mol. The zero-order chi connectivity index (χ0) is 19.1. The summed E-state index contributed by atoms with van der Waals surface area (Å²) in [7, 11) is 0. The molecule has 27 heavy (non-hydrogen) atoms. The SMILES string of the molecule is Cc1n[nH]c(C)c1-c1nccc(Nc2cc3c(cn2)nc(C)n3C(C)C)n1. The number of pyridine rings is 1. The molecular weight excluding hydrogens is 340 g/mol. The Morgan fingerprint density at radius 1 is 1.07 bits per heavy atom. The third kappa shape index (κ3) is 3.03. The topological polar surface area (TPSA) is 97.2 Å². The second-order valence-electron chi connectivity index (χ2n) is 6.88. The molecule has 0 bridgehead atoms. The van der Waals surface area contributed by atoms with Crippen LogP contribution in [0.4, 0.5) is 11.6 Å². The van der Waals surface area contributed by atoms with E-state index in [2.05, 4.69) is 53.9 Å². The molecule has 0 amide bonds. The van der Waals surface area contributed by atoms with Crippen molar-refractivity contribution in [3.8, 4) is 11.4 Å². The summed E-state index contributed by atoms with van der Waals surface area (Å²) in [5.41, 5.74) is 4.69. The lowest BCUT2D eigenvalue weighted by Crippen LogP contribution is -2.03. The predicted octanol–water partition coefficient (Wildman–Crippen LogP) is 3.86. The van der Waals surface area contributed by atoms with Crippen LogP contribution in [0.2, 0.25) is 0 Å². The van der Waals surface area contributed by atoms with Gasteiger partial charge in [0, 0.05) is 24.0 Å². The number of hydrogen-bond acceptors (Lipinski definition) is 6. The molecule has 0 aliphatic carbocycles. The van der Waals surface area contributed by atoms with Gasteiger partial charge in [-0.1, -0.05) is 0 Å². The van der Waals surface area contributed by atoms with Crippen LogP contribution in [0.3, 0.4) is 0 Å². The number of fused-ring (bicyclic) bond motifs is 1. The first-order valence-corrected chi connectivity index (χ1v) is 8.90. The summed E-state index contributed by atoms with van der Waals surface area (Å²) in [6.45, 7) is 10.2. The molecule has 8 heteroatoms. The number of aromatic amines is 1. The Hall–Kier alpha value is -3.29. The second-order valence-corrected chi connectivity index (χ2v) is 6.88. The Bertz CT molecular complexity index is 1100. The van der Waals surface area contributed by atoms with Crippen molar-refractivity contribution in [3.63, 3.8) is 0 Å². The highest BCUT2D eigenvalue weighted by Gasteiger charge is 2.14. The van der Waals surface area contributed by atoms with E-state index in [1.165, 1.54) is 0 Å². The average Bonchev–Trinajstić information content (AvgIpc) is 3.13. The molecule has 0 radical (unpaired) electrons. The second kappa shape index (κ2) is 6.46. The molecule has 8 nitrogen and oxygen atoms in total. The Morgan fingerprint density at radius 3 is 2.59 bits per heavy atom. The quantitative estimate of drug-likeness (QED) is 0.572. The summed E-state index contributed by atoms with van der Waals surface area (Å²) in [4.78, 5) is 18.1. The van der Waals surface area contributed by atoms with E-state index >= 15 is 0 Å². The van der Waals surface area contributed by atoms with Gasteiger partial charge in [-0.2, -0.15) is 5.10 Å². The van der Waals surface area contributed by atoms with Gasteiger partial charge >= 0.3 is 0 Å². The smallest absolute Gasteiger partial charge is 0.165 e. The van der Waals surface area contributed by atoms with Gasteiger partial charge in [0.2, 0.25) is 0 Å². The van der Waals surface area contributed by atoms with Crippen molar-refractivity contribution in [2.24, 2.45) is 0 Å². The lowest BCUT2D eigenvalue weighted by Gasteiger charge is -2.11. The van der Waals surface area contributed by atoms with Gasteiger partial charge in [0.15, 0.2) is 5.82 Å². The number of hydrogen-bond donors (Lipinski definition) is 2. The number of rotatable bonds is 4. The van der Waals surface area contributed by atoms with Crippen LogP contribution in [0, 0.1) is 20.8 Å². The Morgan fingerprint density at radius 2 is 1.89 bits per heavy atom. The third-order valence-corrected chi connectivity index (χ3v) is 4.53. The maximum atomic E-state index is 4.63. The fourth-order valence-electron chi connectivity index (χ4n) is 3.40. The van der Waals surface area contributed by atoms with Crippen molar-refractivity contribution in [1.29, 1.82) is 0 Å². The van der Waals surface area contributed by atoms with Crippen LogP contribution in [-0.2, 0) is 0 Å². The van der Waals surface area contributed by atoms with Crippen LogP contribution in [0.5, 0.6) is 0 Å². The zero-order valence-corrected chi connectivity index (χ0v) is 16.1. The standard InChI is InChI=1S/C19H22N8/c1-10(2)27-13(5)22-14-9-21-17(8-15(14)27)23-16-6-7-20-19(24-16)18-11(3)25-26-12(18)4/h6-10H,1-5H3,(H,25,26)(H,20,21,23,24). The maximum absolute atomic E-state index is 4.63. The largest absolute Gasteiger partial charge is 0.326 e. The van der Waals surface area contributed by atoms with Crippen LogP contribution in [0.1, 0.15) is 37.1 Å². The molecule has 4 rings (SSSR count). The maximum Gasteiger partial charge on any atom is 0.165 e. The van der Waals surface area contributed by atoms with Gasteiger partial charge in [-0.25, -0.2) is 19.9 Å². The molecule has 2 N–H and O–H groups in total. The van der Waals surface area contributed by atoms with E-state index < -0.39 is 0 Å². The molecule has 4 aromatic heterocycles. The molecule has 0 aromatic carbocycles. The number of nitrogens with zero attached hydrogens (tertiary/aromatic N) is 6. The molecule has 4 heterocycles. The first-order valence-electron chi connectivity index (χ1n) is 8.90. The zero-order valence-electron chi connectivity index (χ0n) is 16.1. The number of anilines is 2. The van der Waals surface area contributed by atoms with Crippen LogP contribution in [0.25, 0.3) is 22.4 Å². The highest BCUT2D eigenvalue weighted by molar-refractivity contribution is 5.79. The van der Waals surface area contributed by atoms with Gasteiger partial charge in [-0.3, -0.25) is 5.10 Å². The van der Waals surface area contributed by atoms with Gasteiger partial charge in [-0.05, 0) is 40.7 Å². The van der Waals surface area contributed by atoms with Crippen molar-refractivity contribution in [2.75, 3.05) is 5.32 Å². The molecule has 0 unspecified atom stereocenters. The van der Waals surface area contributed by atoms with Crippen molar-refractivity contribution >= 4 is 22.7 Å². The first-order chi connectivity index (χ1) is 12.9. The summed E-state index contributed by atoms with van der Waals surface area (Å²) in [5, 5.41) is 10.5. The number of aromatic nitrogens is 7. The van der Waals surface area contributed by atoms with E-state index in [4.69, 9.17) is 0 Å². The molecule has 0 aliphatic heterocycles. The lowest BCUT2D eigenvalue weighted by molar-refractivity contribution is 0.600. The van der Waals surface area contributed by atoms with E-state index in [9.17, 15) is 0 Å². The highest BCUT2D eigenvalue weighted by atomic mass is 15.1. The molecule has 4 aromatic rings. The minimum absolute atomic E-state index is 0.322. The van der Waals surface area contributed by atoms with E-state index in [1.54, 1.807) is 12.4 Å². The molecule has 0 spiro atoms. The Balaban J connectivity index is 1.70. The van der Waals surface area contributed by atoms with Crippen LogP contribution < -0.4 is 5.32 Å². The van der Waals surface area contributed by atoms with Gasteiger partial charge < -0.3 is 9.88 Å². The summed E-state index contributed by atoms with van der Waals surface area (Å²) in [5.74, 6) is 3.01. The number of nitrogens with one attached hydrogen (secondary N) is 2. The van der Waals surface area contributed by atoms with Gasteiger partial charge in [0.1, 0.15) is 23.0 Å². The summed E-state index contributed by atoms with van der Waals surface area (Å²) in [6.07, 6.45) is 3.52. The van der Waals surface area contributed by atoms with E-state index in [-0.39, 0.29) is 0 Å². The monoisotopic (exact) mass is 362 g/mol. The van der Waals surface area contributed by atoms with Crippen LogP contribution in [-0.4, -0.2) is 34.7 Å². The Labute approximate surface area is 157 Å². The fraction of sp³-hybridized carbons (Fsp3) is 0.316. The average molecular weight is 362 g/mol. The molecular formula is C19H22N8. The van der Waals surface area contributed by atoms with E-state index in [0.717, 1.165) is 39.6 Å². The minimum Gasteiger partial charge on any atom is -0.326 e. The number of aryl methyl sites for hydroxylation is 3. The molecule has 0 fully saturated rings. The van der Waals surface area contributed by atoms with Crippen molar-refractivity contribution in [1.82, 2.24) is 34.7 Å².